The summed E-state index contributed by atoms with van der Waals surface area (Å²) in [7, 11) is 1.58. The van der Waals surface area contributed by atoms with Gasteiger partial charge in [0.1, 0.15) is 11.8 Å². The predicted octanol–water partition coefficient (Wildman–Crippen LogP) is 2.74. The van der Waals surface area contributed by atoms with Gasteiger partial charge in [-0.1, -0.05) is 30.3 Å². The number of hydrogen-bond donors (Lipinski definition) is 2. The van der Waals surface area contributed by atoms with Gasteiger partial charge in [0.15, 0.2) is 0 Å². The van der Waals surface area contributed by atoms with Gasteiger partial charge in [0, 0.05) is 18.0 Å². The summed E-state index contributed by atoms with van der Waals surface area (Å²) in [5.74, 6) is -0.0675. The number of fused-ring (bicyclic) bond motifs is 1. The number of carbonyl (C=O) groups excluding carboxylic acids is 3. The number of hydrogen-bond acceptors (Lipinski definition) is 5. The second kappa shape index (κ2) is 8.83. The molecule has 0 bridgehead atoms. The summed E-state index contributed by atoms with van der Waals surface area (Å²) in [5, 5.41) is 6.18. The molecule has 1 fully saturated rings. The number of ether oxygens (including phenoxy) is 1. The van der Waals surface area contributed by atoms with Crippen molar-refractivity contribution in [2.45, 2.75) is 18.9 Å². The number of methoxy groups -OCH3 is 1. The highest BCUT2D eigenvalue weighted by molar-refractivity contribution is 6.07. The van der Waals surface area contributed by atoms with E-state index in [9.17, 15) is 14.4 Å². The number of anilines is 1. The van der Waals surface area contributed by atoms with Crippen LogP contribution < -0.4 is 15.4 Å². The van der Waals surface area contributed by atoms with E-state index in [0.29, 0.717) is 17.9 Å². The number of carbonyl (C=O) groups is 3. The third-order valence-corrected chi connectivity index (χ3v) is 5.14. The summed E-state index contributed by atoms with van der Waals surface area (Å²) in [6.07, 6.45) is 1.96. The van der Waals surface area contributed by atoms with Gasteiger partial charge in [-0.15, -0.1) is 0 Å². The molecular formula is C23H22N4O4. The smallest absolute Gasteiger partial charge is 0.324 e. The van der Waals surface area contributed by atoms with Crippen molar-refractivity contribution in [3.05, 3.63) is 66.4 Å². The molecule has 3 aromatic rings. The third-order valence-electron chi connectivity index (χ3n) is 5.14. The largest absolute Gasteiger partial charge is 0.497 e. The molecular weight excluding hydrogens is 396 g/mol. The van der Waals surface area contributed by atoms with Crippen LogP contribution in [0.1, 0.15) is 12.0 Å². The summed E-state index contributed by atoms with van der Waals surface area (Å²) in [5.41, 5.74) is 2.29. The molecule has 1 saturated heterocycles. The zero-order valence-corrected chi connectivity index (χ0v) is 17.0. The molecule has 4 rings (SSSR count). The highest BCUT2D eigenvalue weighted by Gasteiger charge is 2.38. The number of nitrogens with zero attached hydrogens (tertiary/aromatic N) is 2. The minimum absolute atomic E-state index is 0.146. The summed E-state index contributed by atoms with van der Waals surface area (Å²) in [6.45, 7) is 0.269. The Hall–Kier alpha value is -3.94. The van der Waals surface area contributed by atoms with Crippen LogP contribution in [0.25, 0.3) is 10.9 Å². The van der Waals surface area contributed by atoms with Gasteiger partial charge in [-0.3, -0.25) is 19.5 Å². The van der Waals surface area contributed by atoms with E-state index in [4.69, 9.17) is 4.74 Å². The van der Waals surface area contributed by atoms with E-state index >= 15 is 0 Å². The SMILES string of the molecule is COc1ccc2cc(NC(=O)C[C@H]3NC(=O)N(CCc4ccccc4)C3=O)cnc2c1. The van der Waals surface area contributed by atoms with Gasteiger partial charge in [0.05, 0.1) is 30.9 Å². The van der Waals surface area contributed by atoms with Gasteiger partial charge < -0.3 is 15.4 Å². The molecule has 0 aliphatic carbocycles. The van der Waals surface area contributed by atoms with Crippen LogP contribution in [0.15, 0.2) is 60.8 Å². The van der Waals surface area contributed by atoms with E-state index in [1.807, 2.05) is 42.5 Å². The number of urea groups is 1. The van der Waals surface area contributed by atoms with Gasteiger partial charge in [-0.05, 0) is 30.2 Å². The van der Waals surface area contributed by atoms with E-state index in [-0.39, 0.29) is 24.8 Å². The summed E-state index contributed by atoms with van der Waals surface area (Å²) in [6, 6.07) is 15.5. The maximum Gasteiger partial charge on any atom is 0.324 e. The van der Waals surface area contributed by atoms with Crippen LogP contribution in [0, 0.1) is 0 Å². The molecule has 0 spiro atoms. The fourth-order valence-electron chi connectivity index (χ4n) is 3.51. The van der Waals surface area contributed by atoms with E-state index in [1.54, 1.807) is 25.4 Å². The van der Waals surface area contributed by atoms with Crippen molar-refractivity contribution in [1.82, 2.24) is 15.2 Å². The Labute approximate surface area is 179 Å². The second-order valence-corrected chi connectivity index (χ2v) is 7.26. The Morgan fingerprint density at radius 1 is 1.16 bits per heavy atom. The summed E-state index contributed by atoms with van der Waals surface area (Å²) >= 11 is 0. The van der Waals surface area contributed by atoms with Crippen molar-refractivity contribution in [3.8, 4) is 5.75 Å². The number of rotatable bonds is 7. The Morgan fingerprint density at radius 2 is 1.97 bits per heavy atom. The van der Waals surface area contributed by atoms with Crippen LogP contribution in [-0.4, -0.2) is 47.4 Å². The molecule has 2 heterocycles. The van der Waals surface area contributed by atoms with Crippen molar-refractivity contribution in [3.63, 3.8) is 0 Å². The van der Waals surface area contributed by atoms with Crippen LogP contribution in [0.4, 0.5) is 10.5 Å². The first-order chi connectivity index (χ1) is 15.0. The molecule has 1 atom stereocenters. The zero-order valence-electron chi connectivity index (χ0n) is 17.0. The first-order valence-corrected chi connectivity index (χ1v) is 9.93. The van der Waals surface area contributed by atoms with Gasteiger partial charge in [0.2, 0.25) is 5.91 Å². The zero-order chi connectivity index (χ0) is 21.8. The maximum atomic E-state index is 12.6. The fourth-order valence-corrected chi connectivity index (χ4v) is 3.51. The number of nitrogens with one attached hydrogen (secondary N) is 2. The van der Waals surface area contributed by atoms with Crippen LogP contribution in [0.3, 0.4) is 0 Å². The molecule has 8 heteroatoms. The van der Waals surface area contributed by atoms with Gasteiger partial charge >= 0.3 is 6.03 Å². The molecule has 2 aromatic carbocycles. The molecule has 0 unspecified atom stereocenters. The predicted molar refractivity (Wildman–Crippen MR) is 116 cm³/mol. The quantitative estimate of drug-likeness (QED) is 0.575. The van der Waals surface area contributed by atoms with E-state index in [1.165, 1.54) is 0 Å². The van der Waals surface area contributed by atoms with Gasteiger partial charge in [-0.25, -0.2) is 4.79 Å². The highest BCUT2D eigenvalue weighted by Crippen LogP contribution is 2.22. The lowest BCUT2D eigenvalue weighted by Gasteiger charge is -2.13. The van der Waals surface area contributed by atoms with Crippen LogP contribution in [-0.2, 0) is 16.0 Å². The standard InChI is InChI=1S/C23H22N4O4/c1-31-18-8-7-16-11-17(14-24-19(16)12-18)25-21(28)13-20-22(29)27(23(30)26-20)10-9-15-5-3-2-4-6-15/h2-8,11-12,14,20H,9-10,13H2,1H3,(H,25,28)(H,26,30)/t20-/m1/s1. The monoisotopic (exact) mass is 418 g/mol. The Morgan fingerprint density at radius 3 is 2.74 bits per heavy atom. The number of amides is 4. The minimum atomic E-state index is -0.874. The number of benzene rings is 2. The number of pyridine rings is 1. The Kier molecular flexibility index (Phi) is 5.79. The molecule has 31 heavy (non-hydrogen) atoms. The number of imide groups is 1. The molecule has 4 amide bonds. The molecule has 0 saturated carbocycles. The molecule has 2 N–H and O–H groups in total. The van der Waals surface area contributed by atoms with Crippen LogP contribution in [0.5, 0.6) is 5.75 Å². The van der Waals surface area contributed by atoms with Gasteiger partial charge in [0.25, 0.3) is 5.91 Å². The van der Waals surface area contributed by atoms with E-state index < -0.39 is 12.1 Å². The molecule has 158 valence electrons. The third kappa shape index (κ3) is 4.63. The minimum Gasteiger partial charge on any atom is -0.497 e. The van der Waals surface area contributed by atoms with Crippen molar-refractivity contribution >= 4 is 34.4 Å². The average Bonchev–Trinajstić information content (AvgIpc) is 3.04. The normalized spacial score (nSPS) is 15.8. The summed E-state index contributed by atoms with van der Waals surface area (Å²) < 4.78 is 5.18. The number of aromatic nitrogens is 1. The topological polar surface area (TPSA) is 101 Å². The van der Waals surface area contributed by atoms with Crippen LogP contribution in [0.2, 0.25) is 0 Å². The van der Waals surface area contributed by atoms with E-state index in [0.717, 1.165) is 21.4 Å². The van der Waals surface area contributed by atoms with E-state index in [2.05, 4.69) is 15.6 Å². The molecule has 0 radical (unpaired) electrons. The first kappa shape index (κ1) is 20.3. The van der Waals surface area contributed by atoms with Gasteiger partial charge in [-0.2, -0.15) is 0 Å². The van der Waals surface area contributed by atoms with Crippen molar-refractivity contribution in [1.29, 1.82) is 0 Å². The summed E-state index contributed by atoms with van der Waals surface area (Å²) in [4.78, 5) is 42.7. The van der Waals surface area contributed by atoms with Crippen molar-refractivity contribution < 1.29 is 19.1 Å². The van der Waals surface area contributed by atoms with Crippen LogP contribution >= 0.6 is 0 Å². The molecule has 8 nitrogen and oxygen atoms in total. The highest BCUT2D eigenvalue weighted by atomic mass is 16.5. The molecule has 1 aliphatic heterocycles. The Balaban J connectivity index is 1.35. The second-order valence-electron chi connectivity index (χ2n) is 7.26. The maximum absolute atomic E-state index is 12.6. The fraction of sp³-hybridized carbons (Fsp3) is 0.217. The van der Waals surface area contributed by atoms with Crippen molar-refractivity contribution in [2.75, 3.05) is 19.0 Å². The molecule has 1 aromatic heterocycles. The van der Waals surface area contributed by atoms with Crippen molar-refractivity contribution in [2.24, 2.45) is 0 Å². The molecule has 1 aliphatic rings. The average molecular weight is 418 g/mol. The Bertz CT molecular complexity index is 1130. The lowest BCUT2D eigenvalue weighted by molar-refractivity contribution is -0.129. The first-order valence-electron chi connectivity index (χ1n) is 9.93. The lowest BCUT2D eigenvalue weighted by atomic mass is 10.1. The lowest BCUT2D eigenvalue weighted by Crippen LogP contribution is -2.34.